The molecule has 3 aromatic carbocycles. The second kappa shape index (κ2) is 13.5. The van der Waals surface area contributed by atoms with Crippen molar-refractivity contribution in [3.8, 4) is 0 Å². The first-order chi connectivity index (χ1) is 19.3. The molecular weight excluding hydrogens is 595 g/mol. The first-order valence-electron chi connectivity index (χ1n) is 14.4. The number of carbonyl (C=O) groups excluding carboxylic acids is 2. The van der Waals surface area contributed by atoms with Crippen LogP contribution in [-0.4, -0.2) is 48.8 Å². The average molecular weight is 642 g/mol. The molecule has 3 rings (SSSR count). The molecule has 41 heavy (non-hydrogen) atoms. The Kier molecular flexibility index (Phi) is 10.8. The van der Waals surface area contributed by atoms with Gasteiger partial charge in [-0.1, -0.05) is 0 Å². The monoisotopic (exact) mass is 640 g/mol. The molecule has 0 aliphatic heterocycles. The molecule has 0 fully saturated rings. The zero-order valence-corrected chi connectivity index (χ0v) is 27.9. The molecule has 0 aromatic heterocycles. The van der Waals surface area contributed by atoms with Gasteiger partial charge in [-0.3, -0.25) is 0 Å². The van der Waals surface area contributed by atoms with Crippen molar-refractivity contribution >= 4 is 48.7 Å². The smallest absolute Gasteiger partial charge is 0.0253 e. The minimum atomic E-state index is -2.96. The average Bonchev–Trinajstić information content (AvgIpc) is 2.96. The minimum absolute atomic E-state index is 0.000552. The molecule has 0 saturated heterocycles. The molecule has 1 N–H and O–H groups in total. The fourth-order valence-corrected chi connectivity index (χ4v) is 12.8. The molecule has 0 unspecified atom stereocenters. The van der Waals surface area contributed by atoms with Crippen LogP contribution in [0.1, 0.15) is 53.9 Å². The van der Waals surface area contributed by atoms with Crippen LogP contribution in [0.4, 0.5) is 4.79 Å². The molecule has 0 aliphatic carbocycles. The molecular formula is C34H46BrN2O3P. The van der Waals surface area contributed by atoms with E-state index in [1.54, 1.807) is 7.05 Å². The van der Waals surface area contributed by atoms with Crippen LogP contribution in [0.5, 0.6) is 0 Å². The van der Waals surface area contributed by atoms with Crippen molar-refractivity contribution in [1.82, 2.24) is 10.2 Å². The zero-order chi connectivity index (χ0) is 30.2. The summed E-state index contributed by atoms with van der Waals surface area (Å²) in [6.07, 6.45) is 2.89. The number of carbonyl (C=O) groups is 2. The number of unbranched alkanes of at least 4 members (excludes halogenated alkanes) is 1. The Morgan fingerprint density at radius 3 is 1.63 bits per heavy atom. The van der Waals surface area contributed by atoms with E-state index in [1.807, 2.05) is 34.6 Å². The zero-order valence-electron chi connectivity index (χ0n) is 25.4. The van der Waals surface area contributed by atoms with Crippen LogP contribution in [0, 0.1) is 5.41 Å². The van der Waals surface area contributed by atoms with Crippen molar-refractivity contribution in [2.75, 3.05) is 26.3 Å². The summed E-state index contributed by atoms with van der Waals surface area (Å²) in [5.41, 5.74) is -1.16. The summed E-state index contributed by atoms with van der Waals surface area (Å²) in [5, 5.41) is 4.10. The Balaban J connectivity index is 1.69. The molecule has 3 aromatic rings. The van der Waals surface area contributed by atoms with Gasteiger partial charge < -0.3 is 0 Å². The van der Waals surface area contributed by atoms with Crippen LogP contribution in [0.25, 0.3) is 0 Å². The van der Waals surface area contributed by atoms with Crippen molar-refractivity contribution < 1.29 is 14.3 Å². The maximum atomic E-state index is 13.1. The molecule has 0 aliphatic rings. The maximum absolute atomic E-state index is 13.1. The Morgan fingerprint density at radius 1 is 0.780 bits per heavy atom. The number of halogens is 1. The summed E-state index contributed by atoms with van der Waals surface area (Å²) in [6, 6.07) is 32.3. The van der Waals surface area contributed by atoms with Crippen molar-refractivity contribution in [3.63, 3.8) is 0 Å². The molecule has 2 amide bonds. The first-order valence-corrected chi connectivity index (χ1v) is 18.8. The van der Waals surface area contributed by atoms with Gasteiger partial charge in [0.1, 0.15) is 5.60 Å². The van der Waals surface area contributed by atoms with E-state index in [0.29, 0.717) is 19.5 Å². The predicted octanol–water partition coefficient (Wildman–Crippen LogP) is 7.01. The standard InChI is InChI=1S/C34H46BrN2O3P/c1-33(2,3)40-32(39)37(6)26-24-34(4,5)31(38)36-25-16-17-27-41(35,28-18-10-7-11-19-28,29-20-12-8-13-21-29)30-22-14-9-15-23-30/h7-15,18-23H,16-17,24-27H2,1-6H3,(H,36,38). The normalized spacial score (nSPS) is 13.1. The number of rotatable bonds is 12. The summed E-state index contributed by atoms with van der Waals surface area (Å²) in [7, 11) is 1.71. The van der Waals surface area contributed by atoms with Crippen molar-refractivity contribution in [3.05, 3.63) is 91.0 Å². The molecule has 0 saturated carbocycles. The molecule has 0 bridgehead atoms. The van der Waals surface area contributed by atoms with Crippen molar-refractivity contribution in [2.45, 2.75) is 59.5 Å². The second-order valence-corrected chi connectivity index (χ2v) is 21.5. The molecule has 222 valence electrons. The topological polar surface area (TPSA) is 58.6 Å². The van der Waals surface area contributed by atoms with Crippen molar-refractivity contribution in [2.24, 2.45) is 5.41 Å². The van der Waals surface area contributed by atoms with E-state index in [1.165, 1.54) is 20.8 Å². The molecule has 0 heterocycles. The molecule has 7 heteroatoms. The second-order valence-electron chi connectivity index (χ2n) is 12.4. The molecule has 0 atom stereocenters. The van der Waals surface area contributed by atoms with Gasteiger partial charge in [-0.25, -0.2) is 0 Å². The van der Waals surface area contributed by atoms with Gasteiger partial charge in [-0.15, -0.1) is 0 Å². The molecule has 0 radical (unpaired) electrons. The van der Waals surface area contributed by atoms with Gasteiger partial charge >= 0.3 is 229 Å². The van der Waals surface area contributed by atoms with Gasteiger partial charge in [-0.05, 0) is 20.8 Å². The van der Waals surface area contributed by atoms with Crippen LogP contribution < -0.4 is 21.2 Å². The molecule has 0 spiro atoms. The van der Waals surface area contributed by atoms with E-state index in [2.05, 4.69) is 112 Å². The third-order valence-electron chi connectivity index (χ3n) is 7.57. The van der Waals surface area contributed by atoms with Gasteiger partial charge in [0.25, 0.3) is 0 Å². The molecule has 5 nitrogen and oxygen atoms in total. The number of nitrogens with one attached hydrogen (secondary N) is 1. The summed E-state index contributed by atoms with van der Waals surface area (Å²) in [6.45, 7) is 10.4. The Morgan fingerprint density at radius 2 is 1.22 bits per heavy atom. The van der Waals surface area contributed by atoms with E-state index in [9.17, 15) is 9.59 Å². The predicted molar refractivity (Wildman–Crippen MR) is 178 cm³/mol. The summed E-state index contributed by atoms with van der Waals surface area (Å²) >= 11 is 4.49. The van der Waals surface area contributed by atoms with Crippen LogP contribution in [0.3, 0.4) is 0 Å². The van der Waals surface area contributed by atoms with Gasteiger partial charge in [0.15, 0.2) is 0 Å². The third kappa shape index (κ3) is 7.99. The number of hydrogen-bond donors (Lipinski definition) is 1. The summed E-state index contributed by atoms with van der Waals surface area (Å²) in [5.74, 6) is 0.000552. The third-order valence-corrected chi connectivity index (χ3v) is 17.6. The van der Waals surface area contributed by atoms with Crippen LogP contribution in [0.2, 0.25) is 0 Å². The number of amides is 2. The van der Waals surface area contributed by atoms with Crippen LogP contribution >= 0.6 is 20.8 Å². The van der Waals surface area contributed by atoms with Crippen LogP contribution in [0.15, 0.2) is 91.0 Å². The van der Waals surface area contributed by atoms with E-state index < -0.39 is 16.3 Å². The number of benzene rings is 3. The Bertz CT molecular complexity index is 1180. The fraction of sp³-hybridized carbons (Fsp3) is 0.412. The number of ether oxygens (including phenoxy) is 1. The van der Waals surface area contributed by atoms with Crippen LogP contribution in [-0.2, 0) is 9.53 Å². The fourth-order valence-electron chi connectivity index (χ4n) is 5.02. The van der Waals surface area contributed by atoms with Gasteiger partial charge in [0, 0.05) is 0 Å². The quantitative estimate of drug-likeness (QED) is 0.171. The minimum Gasteiger partial charge on any atom is -0.0253 e. The van der Waals surface area contributed by atoms with Crippen molar-refractivity contribution in [1.29, 1.82) is 0 Å². The van der Waals surface area contributed by atoms with E-state index in [0.717, 1.165) is 19.0 Å². The van der Waals surface area contributed by atoms with Gasteiger partial charge in [0.05, 0.1) is 0 Å². The number of nitrogens with zero attached hydrogens (tertiary/aromatic N) is 1. The van der Waals surface area contributed by atoms with E-state index >= 15 is 0 Å². The first kappa shape index (κ1) is 32.8. The summed E-state index contributed by atoms with van der Waals surface area (Å²) in [4.78, 5) is 27.0. The number of hydrogen-bond acceptors (Lipinski definition) is 3. The SMILES string of the molecule is CN(CCC(C)(C)C(=O)NCCCCP(Br)(c1ccccc1)(c1ccccc1)c1ccccc1)C(=O)OC(C)(C)C. The summed E-state index contributed by atoms with van der Waals surface area (Å²) < 4.78 is 5.43. The van der Waals surface area contributed by atoms with E-state index in [4.69, 9.17) is 4.74 Å². The Labute approximate surface area is 254 Å². The van der Waals surface area contributed by atoms with Gasteiger partial charge in [0.2, 0.25) is 0 Å². The Hall–Kier alpha value is -2.69. The van der Waals surface area contributed by atoms with E-state index in [-0.39, 0.29) is 12.0 Å². The van der Waals surface area contributed by atoms with Gasteiger partial charge in [-0.2, -0.15) is 0 Å².